The second-order valence-electron chi connectivity index (χ2n) is 6.04. The minimum atomic E-state index is 0. The largest absolute Gasteiger partial charge is 0.493 e. The monoisotopic (exact) mass is 331 g/mol. The Kier molecular flexibility index (Phi) is 6.94. The third kappa shape index (κ3) is 4.73. The van der Waals surface area contributed by atoms with Gasteiger partial charge >= 0.3 is 0 Å². The molecule has 1 heterocycles. The summed E-state index contributed by atoms with van der Waals surface area (Å²) in [4.78, 5) is 0. The maximum atomic E-state index is 6.18. The highest BCUT2D eigenvalue weighted by atomic mass is 35.5. The molecule has 2 aromatic rings. The van der Waals surface area contributed by atoms with E-state index in [4.69, 9.17) is 4.74 Å². The number of rotatable bonds is 5. The van der Waals surface area contributed by atoms with Gasteiger partial charge in [0.05, 0.1) is 6.61 Å². The van der Waals surface area contributed by atoms with Gasteiger partial charge in [0, 0.05) is 0 Å². The zero-order valence-electron chi connectivity index (χ0n) is 13.8. The number of aryl methyl sites for hydroxylation is 2. The molecule has 3 heteroatoms. The first kappa shape index (κ1) is 17.8. The Labute approximate surface area is 145 Å². The molecule has 3 rings (SSSR count). The van der Waals surface area contributed by atoms with E-state index in [-0.39, 0.29) is 12.4 Å². The van der Waals surface area contributed by atoms with Crippen LogP contribution in [0.2, 0.25) is 0 Å². The van der Waals surface area contributed by atoms with Gasteiger partial charge < -0.3 is 10.1 Å². The molecule has 23 heavy (non-hydrogen) atoms. The zero-order chi connectivity index (χ0) is 15.2. The third-order valence-electron chi connectivity index (χ3n) is 4.38. The molecule has 0 aliphatic carbocycles. The molecule has 0 fully saturated rings. The standard InChI is InChI=1S/C20H25NO.ClH/c1-16-9-10-18-11-13-21-14-12-19(18)20(16)22-15-5-8-17-6-3-2-4-7-17;/h2-4,6-7,9-10,21H,5,8,11-15H2,1H3;1H. The second-order valence-corrected chi connectivity index (χ2v) is 6.04. The van der Waals surface area contributed by atoms with E-state index in [9.17, 15) is 0 Å². The van der Waals surface area contributed by atoms with E-state index in [0.29, 0.717) is 0 Å². The number of hydrogen-bond donors (Lipinski definition) is 1. The lowest BCUT2D eigenvalue weighted by Crippen LogP contribution is -2.16. The predicted molar refractivity (Wildman–Crippen MR) is 99.0 cm³/mol. The molecule has 2 nitrogen and oxygen atoms in total. The van der Waals surface area contributed by atoms with Crippen molar-refractivity contribution in [3.63, 3.8) is 0 Å². The second kappa shape index (κ2) is 8.95. The average molecular weight is 332 g/mol. The Hall–Kier alpha value is -1.51. The van der Waals surface area contributed by atoms with Gasteiger partial charge in [-0.3, -0.25) is 0 Å². The van der Waals surface area contributed by atoms with E-state index >= 15 is 0 Å². The molecule has 0 spiro atoms. The molecule has 0 radical (unpaired) electrons. The smallest absolute Gasteiger partial charge is 0.125 e. The molecule has 0 unspecified atom stereocenters. The molecule has 0 saturated carbocycles. The summed E-state index contributed by atoms with van der Waals surface area (Å²) in [5.74, 6) is 1.13. The summed E-state index contributed by atoms with van der Waals surface area (Å²) in [6, 6.07) is 15.1. The van der Waals surface area contributed by atoms with E-state index in [1.54, 1.807) is 0 Å². The Balaban J connectivity index is 0.00000192. The summed E-state index contributed by atoms with van der Waals surface area (Å²) < 4.78 is 6.18. The molecule has 1 aliphatic rings. The summed E-state index contributed by atoms with van der Waals surface area (Å²) >= 11 is 0. The highest BCUT2D eigenvalue weighted by molar-refractivity contribution is 5.85. The summed E-state index contributed by atoms with van der Waals surface area (Å²) in [5.41, 5.74) is 5.53. The minimum Gasteiger partial charge on any atom is -0.493 e. The van der Waals surface area contributed by atoms with Crippen molar-refractivity contribution < 1.29 is 4.74 Å². The van der Waals surface area contributed by atoms with Crippen molar-refractivity contribution in [1.29, 1.82) is 0 Å². The van der Waals surface area contributed by atoms with Crippen LogP contribution in [-0.2, 0) is 19.3 Å². The fraction of sp³-hybridized carbons (Fsp3) is 0.400. The Morgan fingerprint density at radius 3 is 2.61 bits per heavy atom. The Morgan fingerprint density at radius 2 is 1.78 bits per heavy atom. The van der Waals surface area contributed by atoms with E-state index in [0.717, 1.165) is 51.1 Å². The Bertz CT molecular complexity index is 613. The highest BCUT2D eigenvalue weighted by Crippen LogP contribution is 2.29. The number of hydrogen-bond acceptors (Lipinski definition) is 2. The van der Waals surface area contributed by atoms with Crippen molar-refractivity contribution >= 4 is 12.4 Å². The molecule has 124 valence electrons. The van der Waals surface area contributed by atoms with Crippen LogP contribution in [0.3, 0.4) is 0 Å². The van der Waals surface area contributed by atoms with Crippen LogP contribution >= 0.6 is 12.4 Å². The van der Waals surface area contributed by atoms with Crippen molar-refractivity contribution in [3.8, 4) is 5.75 Å². The van der Waals surface area contributed by atoms with Gasteiger partial charge in [0.2, 0.25) is 0 Å². The first-order valence-corrected chi connectivity index (χ1v) is 8.33. The van der Waals surface area contributed by atoms with Crippen LogP contribution in [0, 0.1) is 6.92 Å². The first-order chi connectivity index (χ1) is 10.8. The number of nitrogens with one attached hydrogen (secondary N) is 1. The number of ether oxygens (including phenoxy) is 1. The predicted octanol–water partition coefficient (Wildman–Crippen LogP) is 4.12. The van der Waals surface area contributed by atoms with Crippen molar-refractivity contribution in [2.75, 3.05) is 19.7 Å². The third-order valence-corrected chi connectivity index (χ3v) is 4.38. The van der Waals surface area contributed by atoms with Crippen LogP contribution in [0.15, 0.2) is 42.5 Å². The van der Waals surface area contributed by atoms with Crippen LogP contribution in [0.1, 0.15) is 28.7 Å². The normalized spacial score (nSPS) is 13.6. The van der Waals surface area contributed by atoms with Gasteiger partial charge in [-0.05, 0) is 68.0 Å². The average Bonchev–Trinajstić information content (AvgIpc) is 2.79. The number of halogens is 1. The molecule has 1 aliphatic heterocycles. The lowest BCUT2D eigenvalue weighted by Gasteiger charge is -2.16. The summed E-state index contributed by atoms with van der Waals surface area (Å²) in [6.45, 7) is 5.07. The van der Waals surface area contributed by atoms with E-state index in [1.165, 1.54) is 22.3 Å². The van der Waals surface area contributed by atoms with Gasteiger partial charge in [-0.1, -0.05) is 42.5 Å². The number of fused-ring (bicyclic) bond motifs is 1. The van der Waals surface area contributed by atoms with Crippen LogP contribution < -0.4 is 10.1 Å². The molecular formula is C20H26ClNO. The van der Waals surface area contributed by atoms with Gasteiger partial charge in [0.1, 0.15) is 5.75 Å². The van der Waals surface area contributed by atoms with Crippen molar-refractivity contribution in [2.45, 2.75) is 32.6 Å². The summed E-state index contributed by atoms with van der Waals surface area (Å²) in [7, 11) is 0. The quantitative estimate of drug-likeness (QED) is 0.832. The maximum absolute atomic E-state index is 6.18. The van der Waals surface area contributed by atoms with Gasteiger partial charge in [-0.25, -0.2) is 0 Å². The molecule has 0 aromatic heterocycles. The van der Waals surface area contributed by atoms with Crippen LogP contribution in [0.25, 0.3) is 0 Å². The first-order valence-electron chi connectivity index (χ1n) is 8.33. The van der Waals surface area contributed by atoms with Gasteiger partial charge in [0.15, 0.2) is 0 Å². The minimum absolute atomic E-state index is 0. The van der Waals surface area contributed by atoms with Crippen molar-refractivity contribution in [2.24, 2.45) is 0 Å². The van der Waals surface area contributed by atoms with E-state index in [2.05, 4.69) is 54.7 Å². The summed E-state index contributed by atoms with van der Waals surface area (Å²) in [6.07, 6.45) is 4.32. The van der Waals surface area contributed by atoms with Gasteiger partial charge in [-0.2, -0.15) is 0 Å². The molecule has 0 amide bonds. The summed E-state index contributed by atoms with van der Waals surface area (Å²) in [5, 5.41) is 3.47. The lowest BCUT2D eigenvalue weighted by atomic mass is 9.99. The molecular weight excluding hydrogens is 306 g/mol. The molecule has 0 bridgehead atoms. The highest BCUT2D eigenvalue weighted by Gasteiger charge is 2.14. The fourth-order valence-electron chi connectivity index (χ4n) is 3.15. The molecule has 1 N–H and O–H groups in total. The van der Waals surface area contributed by atoms with Gasteiger partial charge in [-0.15, -0.1) is 12.4 Å². The van der Waals surface area contributed by atoms with E-state index < -0.39 is 0 Å². The van der Waals surface area contributed by atoms with Crippen molar-refractivity contribution in [1.82, 2.24) is 5.32 Å². The zero-order valence-corrected chi connectivity index (χ0v) is 14.6. The Morgan fingerprint density at radius 1 is 1.00 bits per heavy atom. The maximum Gasteiger partial charge on any atom is 0.125 e. The number of benzene rings is 2. The van der Waals surface area contributed by atoms with Crippen LogP contribution in [-0.4, -0.2) is 19.7 Å². The molecule has 0 saturated heterocycles. The topological polar surface area (TPSA) is 21.3 Å². The van der Waals surface area contributed by atoms with Crippen LogP contribution in [0.4, 0.5) is 0 Å². The SMILES string of the molecule is Cc1ccc2c(c1OCCCc1ccccc1)CCNCC2.Cl. The van der Waals surface area contributed by atoms with E-state index in [1.807, 2.05) is 0 Å². The van der Waals surface area contributed by atoms with Crippen LogP contribution in [0.5, 0.6) is 5.75 Å². The molecule has 2 aromatic carbocycles. The van der Waals surface area contributed by atoms with Crippen molar-refractivity contribution in [3.05, 3.63) is 64.7 Å². The fourth-order valence-corrected chi connectivity index (χ4v) is 3.15. The molecule has 0 atom stereocenters. The lowest BCUT2D eigenvalue weighted by molar-refractivity contribution is 0.305. The van der Waals surface area contributed by atoms with Gasteiger partial charge in [0.25, 0.3) is 0 Å².